The number of piperidine rings is 1. The lowest BCUT2D eigenvalue weighted by atomic mass is 9.97. The highest BCUT2D eigenvalue weighted by Gasteiger charge is 2.26. The van der Waals surface area contributed by atoms with Crippen molar-refractivity contribution in [1.29, 1.82) is 0 Å². The average molecular weight is 490 g/mol. The van der Waals surface area contributed by atoms with Crippen LogP contribution in [0.25, 0.3) is 0 Å². The summed E-state index contributed by atoms with van der Waals surface area (Å²) in [6, 6.07) is 4.24. The molecule has 144 valence electrons. The third-order valence-corrected chi connectivity index (χ3v) is 5.01. The fourth-order valence-corrected chi connectivity index (χ4v) is 3.50. The molecule has 0 unspecified atom stereocenters. The van der Waals surface area contributed by atoms with Crippen molar-refractivity contribution in [3.05, 3.63) is 22.4 Å². The maximum absolute atomic E-state index is 12.2. The number of thiophene rings is 1. The number of aliphatic imine (C=N–C) groups is 1. The summed E-state index contributed by atoms with van der Waals surface area (Å²) in [5.41, 5.74) is 0. The summed E-state index contributed by atoms with van der Waals surface area (Å²) in [4.78, 5) is 7.82. The van der Waals surface area contributed by atoms with Gasteiger partial charge in [-0.1, -0.05) is 6.07 Å². The smallest absolute Gasteiger partial charge is 0.356 e. The highest BCUT2D eigenvalue weighted by atomic mass is 127. The Morgan fingerprint density at radius 1 is 1.32 bits per heavy atom. The third kappa shape index (κ3) is 9.09. The van der Waals surface area contributed by atoms with Gasteiger partial charge in [-0.25, -0.2) is 0 Å². The van der Waals surface area contributed by atoms with E-state index in [4.69, 9.17) is 0 Å². The van der Waals surface area contributed by atoms with Crippen LogP contribution in [0.4, 0.5) is 13.2 Å². The standard InChI is InChI=1S/C16H25F3N4S.HI/c1-20-15(21-7-6-16(17,18)19)22-11-13-4-8-23(9-5-13)12-14-3-2-10-24-14;/h2-3,10,13H,4-9,11-12H2,1H3,(H2,20,21,22);1H. The zero-order valence-corrected chi connectivity index (χ0v) is 17.5. The van der Waals surface area contributed by atoms with Gasteiger partial charge >= 0.3 is 6.18 Å². The highest BCUT2D eigenvalue weighted by molar-refractivity contribution is 14.0. The monoisotopic (exact) mass is 490 g/mol. The Morgan fingerprint density at radius 3 is 2.60 bits per heavy atom. The average Bonchev–Trinajstić information content (AvgIpc) is 3.04. The molecule has 0 spiro atoms. The topological polar surface area (TPSA) is 39.7 Å². The number of hydrogen-bond acceptors (Lipinski definition) is 3. The van der Waals surface area contributed by atoms with E-state index in [-0.39, 0.29) is 30.5 Å². The Hall–Kier alpha value is -0.550. The molecule has 1 aliphatic rings. The minimum absolute atomic E-state index is 0. The van der Waals surface area contributed by atoms with Gasteiger partial charge in [0.05, 0.1) is 6.42 Å². The van der Waals surface area contributed by atoms with E-state index in [1.807, 2.05) is 0 Å². The van der Waals surface area contributed by atoms with Crippen molar-refractivity contribution < 1.29 is 13.2 Å². The summed E-state index contributed by atoms with van der Waals surface area (Å²) in [6.07, 6.45) is -2.80. The normalized spacial score (nSPS) is 17.2. The van der Waals surface area contributed by atoms with Crippen molar-refractivity contribution in [2.75, 3.05) is 33.2 Å². The van der Waals surface area contributed by atoms with Crippen LogP contribution in [0.3, 0.4) is 0 Å². The number of alkyl halides is 3. The van der Waals surface area contributed by atoms with Crippen molar-refractivity contribution in [1.82, 2.24) is 15.5 Å². The summed E-state index contributed by atoms with van der Waals surface area (Å²) in [7, 11) is 1.58. The number of guanidine groups is 1. The molecule has 0 aliphatic carbocycles. The molecule has 2 N–H and O–H groups in total. The number of rotatable bonds is 6. The van der Waals surface area contributed by atoms with Gasteiger partial charge in [0.15, 0.2) is 5.96 Å². The van der Waals surface area contributed by atoms with Crippen molar-refractivity contribution in [2.45, 2.75) is 32.0 Å². The van der Waals surface area contributed by atoms with Gasteiger partial charge in [-0.05, 0) is 43.3 Å². The summed E-state index contributed by atoms with van der Waals surface area (Å²) < 4.78 is 36.5. The first-order valence-corrected chi connectivity index (χ1v) is 9.10. The van der Waals surface area contributed by atoms with Gasteiger partial charge < -0.3 is 10.6 Å². The Bertz CT molecular complexity index is 500. The maximum Gasteiger partial charge on any atom is 0.390 e. The number of nitrogens with zero attached hydrogens (tertiary/aromatic N) is 2. The van der Waals surface area contributed by atoms with Crippen LogP contribution in [0.15, 0.2) is 22.5 Å². The van der Waals surface area contributed by atoms with Gasteiger partial charge in [0.2, 0.25) is 0 Å². The molecule has 4 nitrogen and oxygen atoms in total. The largest absolute Gasteiger partial charge is 0.390 e. The van der Waals surface area contributed by atoms with Crippen LogP contribution in [-0.2, 0) is 6.54 Å². The van der Waals surface area contributed by atoms with Crippen molar-refractivity contribution in [3.63, 3.8) is 0 Å². The molecule has 0 amide bonds. The summed E-state index contributed by atoms with van der Waals surface area (Å²) >= 11 is 1.79. The summed E-state index contributed by atoms with van der Waals surface area (Å²) in [5, 5.41) is 7.96. The Morgan fingerprint density at radius 2 is 2.04 bits per heavy atom. The highest BCUT2D eigenvalue weighted by Crippen LogP contribution is 2.20. The first kappa shape index (κ1) is 22.5. The number of halogens is 4. The van der Waals surface area contributed by atoms with Crippen LogP contribution in [0.2, 0.25) is 0 Å². The molecule has 1 fully saturated rings. The van der Waals surface area contributed by atoms with Crippen molar-refractivity contribution >= 4 is 41.3 Å². The van der Waals surface area contributed by atoms with Crippen LogP contribution >= 0.6 is 35.3 Å². The second-order valence-corrected chi connectivity index (χ2v) is 7.08. The first-order chi connectivity index (χ1) is 11.5. The van der Waals surface area contributed by atoms with E-state index >= 15 is 0 Å². The first-order valence-electron chi connectivity index (χ1n) is 8.22. The molecule has 1 aromatic heterocycles. The molecular formula is C16H26F3IN4S. The quantitative estimate of drug-likeness (QED) is 0.363. The van der Waals surface area contributed by atoms with E-state index < -0.39 is 12.6 Å². The van der Waals surface area contributed by atoms with Gasteiger partial charge in [0.25, 0.3) is 0 Å². The molecule has 0 atom stereocenters. The Kier molecular flexibility index (Phi) is 10.1. The van der Waals surface area contributed by atoms with Gasteiger partial charge in [-0.2, -0.15) is 13.2 Å². The Labute approximate surface area is 168 Å². The summed E-state index contributed by atoms with van der Waals surface area (Å²) in [5.74, 6) is 0.978. The second kappa shape index (κ2) is 11.2. The number of nitrogens with one attached hydrogen (secondary N) is 2. The predicted molar refractivity (Wildman–Crippen MR) is 108 cm³/mol. The number of likely N-dealkylation sites (tertiary alicyclic amines) is 1. The van der Waals surface area contributed by atoms with Gasteiger partial charge in [0, 0.05) is 31.6 Å². The van der Waals surface area contributed by atoms with E-state index in [1.54, 1.807) is 18.4 Å². The minimum Gasteiger partial charge on any atom is -0.356 e. The molecule has 2 heterocycles. The van der Waals surface area contributed by atoms with E-state index in [0.717, 1.165) is 39.0 Å². The number of hydrogen-bond donors (Lipinski definition) is 2. The van der Waals surface area contributed by atoms with E-state index in [9.17, 15) is 13.2 Å². The zero-order valence-electron chi connectivity index (χ0n) is 14.3. The van der Waals surface area contributed by atoms with Crippen LogP contribution in [-0.4, -0.2) is 50.3 Å². The molecule has 0 saturated carbocycles. The van der Waals surface area contributed by atoms with Crippen molar-refractivity contribution in [2.24, 2.45) is 10.9 Å². The molecule has 0 radical (unpaired) electrons. The van der Waals surface area contributed by atoms with Crippen LogP contribution in [0.1, 0.15) is 24.1 Å². The van der Waals surface area contributed by atoms with Crippen molar-refractivity contribution in [3.8, 4) is 0 Å². The molecular weight excluding hydrogens is 464 g/mol. The fraction of sp³-hybridized carbons (Fsp3) is 0.688. The molecule has 1 saturated heterocycles. The van der Waals surface area contributed by atoms with Crippen LogP contribution in [0.5, 0.6) is 0 Å². The summed E-state index contributed by atoms with van der Waals surface area (Å²) in [6.45, 7) is 3.73. The molecule has 9 heteroatoms. The molecule has 1 aliphatic heterocycles. The van der Waals surface area contributed by atoms with Gasteiger partial charge in [-0.3, -0.25) is 9.89 Å². The lowest BCUT2D eigenvalue weighted by Crippen LogP contribution is -2.43. The van der Waals surface area contributed by atoms with E-state index in [0.29, 0.717) is 11.9 Å². The van der Waals surface area contributed by atoms with E-state index in [2.05, 4.69) is 38.0 Å². The fourth-order valence-electron chi connectivity index (χ4n) is 2.76. The van der Waals surface area contributed by atoms with Gasteiger partial charge in [-0.15, -0.1) is 35.3 Å². The van der Waals surface area contributed by atoms with Gasteiger partial charge in [0.1, 0.15) is 0 Å². The lowest BCUT2D eigenvalue weighted by molar-refractivity contribution is -0.132. The maximum atomic E-state index is 12.2. The zero-order chi connectivity index (χ0) is 17.4. The minimum atomic E-state index is -4.14. The lowest BCUT2D eigenvalue weighted by Gasteiger charge is -2.32. The predicted octanol–water partition coefficient (Wildman–Crippen LogP) is 3.70. The molecule has 2 rings (SSSR count). The SMILES string of the molecule is CN=C(NCCC(F)(F)F)NCC1CCN(Cc2cccs2)CC1.I. The Balaban J connectivity index is 0.00000312. The molecule has 1 aromatic rings. The molecule has 0 aromatic carbocycles. The van der Waals surface area contributed by atoms with E-state index in [1.165, 1.54) is 4.88 Å². The third-order valence-electron chi connectivity index (χ3n) is 4.15. The van der Waals surface area contributed by atoms with Crippen LogP contribution in [0, 0.1) is 5.92 Å². The molecule has 0 bridgehead atoms. The van der Waals surface area contributed by atoms with Crippen LogP contribution < -0.4 is 10.6 Å². The molecule has 25 heavy (non-hydrogen) atoms. The second-order valence-electron chi connectivity index (χ2n) is 6.04.